The number of aryl methyl sites for hydroxylation is 1. The molecule has 1 aromatic heterocycles. The normalized spacial score (nSPS) is 14.3. The van der Waals surface area contributed by atoms with Crippen molar-refractivity contribution in [3.05, 3.63) is 53.5 Å². The fourth-order valence-electron chi connectivity index (χ4n) is 3.49. The van der Waals surface area contributed by atoms with E-state index >= 15 is 0 Å². The monoisotopic (exact) mass is 525 g/mol. The van der Waals surface area contributed by atoms with Crippen LogP contribution in [0.2, 0.25) is 0 Å². The fourth-order valence-corrected chi connectivity index (χ4v) is 3.49. The van der Waals surface area contributed by atoms with E-state index in [-0.39, 0.29) is 29.9 Å². The van der Waals surface area contributed by atoms with Crippen LogP contribution >= 0.6 is 24.0 Å². The van der Waals surface area contributed by atoms with Gasteiger partial charge in [-0.25, -0.2) is 0 Å². The first-order valence-corrected chi connectivity index (χ1v) is 10.3. The number of benzene rings is 1. The molecule has 2 heterocycles. The Bertz CT molecular complexity index is 830. The summed E-state index contributed by atoms with van der Waals surface area (Å²) in [6.45, 7) is 12.0. The summed E-state index contributed by atoms with van der Waals surface area (Å²) in [7, 11) is 0. The van der Waals surface area contributed by atoms with Crippen molar-refractivity contribution < 1.29 is 9.21 Å². The van der Waals surface area contributed by atoms with Crippen LogP contribution in [0, 0.1) is 13.8 Å². The summed E-state index contributed by atoms with van der Waals surface area (Å²) in [5, 5.41) is 6.20. The molecule has 3 rings (SSSR count). The van der Waals surface area contributed by atoms with E-state index in [1.165, 1.54) is 23.1 Å². The molecule has 0 saturated carbocycles. The van der Waals surface area contributed by atoms with E-state index < -0.39 is 0 Å². The molecule has 1 aliphatic rings. The maximum atomic E-state index is 11.9. The molecule has 164 valence electrons. The maximum absolute atomic E-state index is 11.9. The zero-order chi connectivity index (χ0) is 20.6. The number of guanidine groups is 1. The highest BCUT2D eigenvalue weighted by Crippen LogP contribution is 2.23. The fraction of sp³-hybridized carbons (Fsp3) is 0.455. The van der Waals surface area contributed by atoms with E-state index in [2.05, 4.69) is 64.4 Å². The van der Waals surface area contributed by atoms with Gasteiger partial charge in [0.25, 0.3) is 5.91 Å². The van der Waals surface area contributed by atoms with Crippen LogP contribution in [-0.2, 0) is 0 Å². The minimum atomic E-state index is -0.211. The number of rotatable bonds is 6. The number of aliphatic imine (C=N–C) groups is 1. The molecule has 0 bridgehead atoms. The van der Waals surface area contributed by atoms with Gasteiger partial charge in [-0.1, -0.05) is 12.1 Å². The van der Waals surface area contributed by atoms with Gasteiger partial charge in [-0.3, -0.25) is 9.79 Å². The van der Waals surface area contributed by atoms with Crippen molar-refractivity contribution in [2.75, 3.05) is 50.7 Å². The van der Waals surface area contributed by atoms with Gasteiger partial charge >= 0.3 is 0 Å². The molecular formula is C22H32IN5O2. The number of piperazine rings is 1. The van der Waals surface area contributed by atoms with Gasteiger partial charge in [-0.05, 0) is 50.1 Å². The number of anilines is 1. The van der Waals surface area contributed by atoms with Crippen molar-refractivity contribution in [2.45, 2.75) is 20.8 Å². The Morgan fingerprint density at radius 3 is 2.53 bits per heavy atom. The van der Waals surface area contributed by atoms with Crippen molar-refractivity contribution in [1.29, 1.82) is 0 Å². The topological polar surface area (TPSA) is 73.1 Å². The molecule has 8 heteroatoms. The third-order valence-corrected chi connectivity index (χ3v) is 5.23. The lowest BCUT2D eigenvalue weighted by atomic mass is 10.1. The average Bonchev–Trinajstić information content (AvgIpc) is 3.27. The van der Waals surface area contributed by atoms with Gasteiger partial charge < -0.3 is 24.9 Å². The van der Waals surface area contributed by atoms with Crippen LogP contribution in [0.1, 0.15) is 28.6 Å². The zero-order valence-corrected chi connectivity index (χ0v) is 20.3. The van der Waals surface area contributed by atoms with Crippen LogP contribution in [0.4, 0.5) is 5.69 Å². The van der Waals surface area contributed by atoms with E-state index in [1.54, 1.807) is 12.1 Å². The summed E-state index contributed by atoms with van der Waals surface area (Å²) in [6.07, 6.45) is 1.49. The standard InChI is InChI=1S/C22H31N5O2.HI/c1-4-23-22(25-11-10-24-21(28)20-9-6-16-29-20)27-14-12-26(13-15-27)19-8-5-7-17(2)18(19)3;/h5-9,16H,4,10-15H2,1-3H3,(H,23,25)(H,24,28);1H. The highest BCUT2D eigenvalue weighted by molar-refractivity contribution is 14.0. The van der Waals surface area contributed by atoms with Crippen LogP contribution in [0.3, 0.4) is 0 Å². The number of nitrogens with one attached hydrogen (secondary N) is 2. The van der Waals surface area contributed by atoms with Gasteiger partial charge in [0.2, 0.25) is 0 Å². The summed E-state index contributed by atoms with van der Waals surface area (Å²) in [6, 6.07) is 9.85. The molecule has 2 aromatic rings. The average molecular weight is 525 g/mol. The zero-order valence-electron chi connectivity index (χ0n) is 18.0. The van der Waals surface area contributed by atoms with E-state index in [4.69, 9.17) is 4.42 Å². The molecule has 1 amide bonds. The predicted octanol–water partition coefficient (Wildman–Crippen LogP) is 3.03. The SMILES string of the molecule is CCNC(=NCCNC(=O)c1ccco1)N1CCN(c2cccc(C)c2C)CC1.I. The van der Waals surface area contributed by atoms with Crippen molar-refractivity contribution >= 4 is 41.5 Å². The molecule has 7 nitrogen and oxygen atoms in total. The number of hydrogen-bond acceptors (Lipinski definition) is 4. The Morgan fingerprint density at radius 1 is 1.10 bits per heavy atom. The molecule has 1 fully saturated rings. The Kier molecular flexibility index (Phi) is 9.48. The third kappa shape index (κ3) is 6.13. The second-order valence-corrected chi connectivity index (χ2v) is 7.16. The van der Waals surface area contributed by atoms with Crippen molar-refractivity contribution in [3.8, 4) is 0 Å². The molecule has 0 spiro atoms. The lowest BCUT2D eigenvalue weighted by molar-refractivity contribution is 0.0927. The molecule has 30 heavy (non-hydrogen) atoms. The van der Waals surface area contributed by atoms with Crippen LogP contribution < -0.4 is 15.5 Å². The first-order chi connectivity index (χ1) is 14.1. The van der Waals surface area contributed by atoms with Gasteiger partial charge in [0, 0.05) is 45.0 Å². The maximum Gasteiger partial charge on any atom is 0.287 e. The Morgan fingerprint density at radius 2 is 1.87 bits per heavy atom. The Hall–Kier alpha value is -2.23. The smallest absolute Gasteiger partial charge is 0.287 e. The number of amides is 1. The number of carbonyl (C=O) groups excluding carboxylic acids is 1. The van der Waals surface area contributed by atoms with Crippen molar-refractivity contribution in [1.82, 2.24) is 15.5 Å². The minimum Gasteiger partial charge on any atom is -0.459 e. The van der Waals surface area contributed by atoms with Gasteiger partial charge in [0.05, 0.1) is 12.8 Å². The number of furan rings is 1. The van der Waals surface area contributed by atoms with Crippen LogP contribution in [0.5, 0.6) is 0 Å². The lowest BCUT2D eigenvalue weighted by Gasteiger charge is -2.38. The minimum absolute atomic E-state index is 0. The van der Waals surface area contributed by atoms with Crippen LogP contribution in [0.15, 0.2) is 46.0 Å². The summed E-state index contributed by atoms with van der Waals surface area (Å²) in [4.78, 5) is 21.3. The van der Waals surface area contributed by atoms with Gasteiger partial charge in [0.15, 0.2) is 11.7 Å². The predicted molar refractivity (Wildman–Crippen MR) is 132 cm³/mol. The number of halogens is 1. The molecule has 0 atom stereocenters. The van der Waals surface area contributed by atoms with E-state index in [1.807, 2.05) is 0 Å². The van der Waals surface area contributed by atoms with E-state index in [0.717, 1.165) is 38.7 Å². The molecule has 0 unspecified atom stereocenters. The summed E-state index contributed by atoms with van der Waals surface area (Å²) >= 11 is 0. The van der Waals surface area contributed by atoms with Crippen molar-refractivity contribution in [2.24, 2.45) is 4.99 Å². The van der Waals surface area contributed by atoms with Crippen molar-refractivity contribution in [3.63, 3.8) is 0 Å². The quantitative estimate of drug-likeness (QED) is 0.263. The number of nitrogens with zero attached hydrogens (tertiary/aromatic N) is 3. The van der Waals surface area contributed by atoms with Gasteiger partial charge in [-0.2, -0.15) is 0 Å². The summed E-state index contributed by atoms with van der Waals surface area (Å²) in [5.74, 6) is 1.01. The van der Waals surface area contributed by atoms with Crippen LogP contribution in [-0.4, -0.2) is 62.6 Å². The Balaban J connectivity index is 0.00000320. The molecular weight excluding hydrogens is 493 g/mol. The highest BCUT2D eigenvalue weighted by Gasteiger charge is 2.21. The summed E-state index contributed by atoms with van der Waals surface area (Å²) in [5.41, 5.74) is 4.01. The number of hydrogen-bond donors (Lipinski definition) is 2. The third-order valence-electron chi connectivity index (χ3n) is 5.23. The number of carbonyl (C=O) groups is 1. The first kappa shape index (κ1) is 24.0. The molecule has 0 radical (unpaired) electrons. The van der Waals surface area contributed by atoms with Crippen LogP contribution in [0.25, 0.3) is 0 Å². The lowest BCUT2D eigenvalue weighted by Crippen LogP contribution is -2.52. The molecule has 2 N–H and O–H groups in total. The second kappa shape index (κ2) is 11.8. The highest BCUT2D eigenvalue weighted by atomic mass is 127. The summed E-state index contributed by atoms with van der Waals surface area (Å²) < 4.78 is 5.10. The molecule has 1 aliphatic heterocycles. The largest absolute Gasteiger partial charge is 0.459 e. The second-order valence-electron chi connectivity index (χ2n) is 7.16. The molecule has 1 saturated heterocycles. The first-order valence-electron chi connectivity index (χ1n) is 10.3. The molecule has 0 aliphatic carbocycles. The van der Waals surface area contributed by atoms with Gasteiger partial charge in [-0.15, -0.1) is 24.0 Å². The van der Waals surface area contributed by atoms with E-state index in [9.17, 15) is 4.79 Å². The van der Waals surface area contributed by atoms with E-state index in [0.29, 0.717) is 18.8 Å². The Labute approximate surface area is 195 Å². The van der Waals surface area contributed by atoms with Gasteiger partial charge in [0.1, 0.15) is 0 Å². The molecule has 1 aromatic carbocycles.